The van der Waals surface area contributed by atoms with Crippen LogP contribution >= 0.6 is 0 Å². The average molecular weight is 538 g/mol. The van der Waals surface area contributed by atoms with Crippen molar-refractivity contribution in [2.24, 2.45) is 17.8 Å². The number of ether oxygens (including phenoxy) is 2. The van der Waals surface area contributed by atoms with E-state index in [2.05, 4.69) is 17.7 Å². The summed E-state index contributed by atoms with van der Waals surface area (Å²) in [6, 6.07) is 8.18. The summed E-state index contributed by atoms with van der Waals surface area (Å²) < 4.78 is 76.5. The molecule has 0 aromatic heterocycles. The molecule has 2 aromatic carbocycles. The first kappa shape index (κ1) is 28.7. The van der Waals surface area contributed by atoms with Crippen LogP contribution in [0.1, 0.15) is 102 Å². The highest BCUT2D eigenvalue weighted by Crippen LogP contribution is 2.43. The summed E-state index contributed by atoms with van der Waals surface area (Å²) in [4.78, 5) is 0. The summed E-state index contributed by atoms with van der Waals surface area (Å²) in [5.74, 6) is 0.155. The van der Waals surface area contributed by atoms with Crippen molar-refractivity contribution < 1.29 is 31.4 Å². The number of hydrogen-bond acceptors (Lipinski definition) is 2. The third-order valence-corrected chi connectivity index (χ3v) is 8.47. The van der Waals surface area contributed by atoms with Crippen molar-refractivity contribution in [1.29, 1.82) is 0 Å². The van der Waals surface area contributed by atoms with E-state index >= 15 is 4.39 Å². The van der Waals surface area contributed by atoms with Crippen LogP contribution < -0.4 is 9.47 Å². The van der Waals surface area contributed by atoms with Gasteiger partial charge in [-0.25, -0.2) is 8.78 Å². The fourth-order valence-electron chi connectivity index (χ4n) is 6.29. The number of unbranched alkanes of at least 4 members (excludes halogenated alkanes) is 1. The lowest BCUT2D eigenvalue weighted by Gasteiger charge is -2.32. The van der Waals surface area contributed by atoms with Crippen molar-refractivity contribution in [3.63, 3.8) is 0 Å². The molecule has 1 radical (unpaired) electrons. The fourth-order valence-corrected chi connectivity index (χ4v) is 6.29. The van der Waals surface area contributed by atoms with Crippen molar-refractivity contribution in [2.45, 2.75) is 103 Å². The normalized spacial score (nSPS) is 24.3. The monoisotopic (exact) mass is 537 g/mol. The van der Waals surface area contributed by atoms with Gasteiger partial charge in [-0.3, -0.25) is 0 Å². The second-order valence-corrected chi connectivity index (χ2v) is 11.1. The van der Waals surface area contributed by atoms with Crippen molar-refractivity contribution in [1.82, 2.24) is 0 Å². The van der Waals surface area contributed by atoms with Gasteiger partial charge >= 0.3 is 6.36 Å². The van der Waals surface area contributed by atoms with Crippen LogP contribution in [-0.4, -0.2) is 6.36 Å². The zero-order valence-electron chi connectivity index (χ0n) is 22.1. The summed E-state index contributed by atoms with van der Waals surface area (Å²) in [6.45, 7) is 2.26. The SMILES string of the molecule is CCCC[C@H]1CC[C@H](CCC2CCC(c3c(F)c[c]c(Oc4ccc(OC(F)(F)F)cc4)c3F)CC2)CC1. The second-order valence-electron chi connectivity index (χ2n) is 11.1. The summed E-state index contributed by atoms with van der Waals surface area (Å²) in [6.07, 6.45) is 10.5. The molecule has 0 heterocycles. The molecule has 0 saturated heterocycles. The van der Waals surface area contributed by atoms with Crippen molar-refractivity contribution >= 4 is 0 Å². The van der Waals surface area contributed by atoms with Gasteiger partial charge in [-0.2, -0.15) is 0 Å². The van der Waals surface area contributed by atoms with E-state index in [-0.39, 0.29) is 23.0 Å². The molecule has 2 saturated carbocycles. The van der Waals surface area contributed by atoms with Crippen LogP contribution in [0.3, 0.4) is 0 Å². The maximum absolute atomic E-state index is 15.3. The summed E-state index contributed by atoms with van der Waals surface area (Å²) in [5.41, 5.74) is 0.0274. The van der Waals surface area contributed by atoms with Crippen LogP contribution in [0.2, 0.25) is 0 Å². The molecule has 0 amide bonds. The Morgan fingerprint density at radius 2 is 1.32 bits per heavy atom. The van der Waals surface area contributed by atoms with Gasteiger partial charge in [-0.15, -0.1) is 13.2 Å². The predicted molar refractivity (Wildman–Crippen MR) is 137 cm³/mol. The van der Waals surface area contributed by atoms with Crippen LogP contribution in [0.4, 0.5) is 22.0 Å². The number of hydrogen-bond donors (Lipinski definition) is 0. The lowest BCUT2D eigenvalue weighted by Crippen LogP contribution is -2.18. The minimum Gasteiger partial charge on any atom is -0.454 e. The molecule has 209 valence electrons. The highest BCUT2D eigenvalue weighted by atomic mass is 19.4. The minimum absolute atomic E-state index is 0.0274. The molecule has 0 aliphatic heterocycles. The Balaban J connectivity index is 1.28. The lowest BCUT2D eigenvalue weighted by molar-refractivity contribution is -0.274. The largest absolute Gasteiger partial charge is 0.573 e. The summed E-state index contributed by atoms with van der Waals surface area (Å²) >= 11 is 0. The molecule has 2 aliphatic carbocycles. The Bertz CT molecular complexity index is 1000. The molecule has 7 heteroatoms. The maximum Gasteiger partial charge on any atom is 0.573 e. The van der Waals surface area contributed by atoms with E-state index < -0.39 is 23.7 Å². The van der Waals surface area contributed by atoms with E-state index in [0.717, 1.165) is 55.7 Å². The van der Waals surface area contributed by atoms with E-state index in [1.807, 2.05) is 0 Å². The first-order chi connectivity index (χ1) is 18.2. The minimum atomic E-state index is -4.81. The molecule has 0 spiro atoms. The zero-order chi connectivity index (χ0) is 27.1. The van der Waals surface area contributed by atoms with Gasteiger partial charge in [-0.1, -0.05) is 64.7 Å². The van der Waals surface area contributed by atoms with Crippen LogP contribution in [0.25, 0.3) is 0 Å². The maximum atomic E-state index is 15.3. The molecule has 0 unspecified atom stereocenters. The van der Waals surface area contributed by atoms with Crippen LogP contribution in [0, 0.1) is 35.5 Å². The van der Waals surface area contributed by atoms with Gasteiger partial charge in [0.1, 0.15) is 17.3 Å². The van der Waals surface area contributed by atoms with Crippen LogP contribution in [-0.2, 0) is 0 Å². The molecule has 2 aliphatic rings. The highest BCUT2D eigenvalue weighted by molar-refractivity contribution is 5.39. The molecular weight excluding hydrogens is 499 g/mol. The van der Waals surface area contributed by atoms with Crippen LogP contribution in [0.15, 0.2) is 30.3 Å². The Morgan fingerprint density at radius 3 is 1.87 bits per heavy atom. The molecule has 0 atom stereocenters. The Morgan fingerprint density at radius 1 is 0.789 bits per heavy atom. The third kappa shape index (κ3) is 8.09. The number of benzene rings is 2. The van der Waals surface area contributed by atoms with Gasteiger partial charge in [0.2, 0.25) is 0 Å². The Labute approximate surface area is 222 Å². The van der Waals surface area contributed by atoms with Gasteiger partial charge < -0.3 is 9.47 Å². The average Bonchev–Trinajstić information content (AvgIpc) is 2.89. The number of halogens is 5. The van der Waals surface area contributed by atoms with E-state index in [0.29, 0.717) is 5.92 Å². The van der Waals surface area contributed by atoms with Gasteiger partial charge in [0, 0.05) is 11.6 Å². The van der Waals surface area contributed by atoms with E-state index in [9.17, 15) is 17.6 Å². The van der Waals surface area contributed by atoms with E-state index in [4.69, 9.17) is 4.74 Å². The van der Waals surface area contributed by atoms with Crippen molar-refractivity contribution in [2.75, 3.05) is 0 Å². The molecule has 2 fully saturated rings. The number of rotatable bonds is 10. The number of alkyl halides is 3. The standard InChI is InChI=1S/C31H38F5O2/c1-2-3-4-21-5-7-22(8-6-21)9-10-23-11-13-24(14-12-23)29-27(32)19-20-28(30(29)33)37-25-15-17-26(18-16-25)38-31(34,35)36/h15-19,21-24H,2-14H2,1H3/t21-,22-,23?,24?. The predicted octanol–water partition coefficient (Wildman–Crippen LogP) is 10.5. The third-order valence-electron chi connectivity index (χ3n) is 8.47. The van der Waals surface area contributed by atoms with Crippen LogP contribution in [0.5, 0.6) is 17.2 Å². The Hall–Kier alpha value is -2.31. The molecular formula is C31H38F5O2. The quantitative estimate of drug-likeness (QED) is 0.281. The Kier molecular flexibility index (Phi) is 9.94. The molecule has 0 bridgehead atoms. The van der Waals surface area contributed by atoms with Gasteiger partial charge in [0.15, 0.2) is 11.6 Å². The van der Waals surface area contributed by atoms with E-state index in [1.54, 1.807) is 0 Å². The molecule has 4 rings (SSSR count). The highest BCUT2D eigenvalue weighted by Gasteiger charge is 2.31. The zero-order valence-corrected chi connectivity index (χ0v) is 22.1. The fraction of sp³-hybridized carbons (Fsp3) is 0.613. The second kappa shape index (κ2) is 13.2. The summed E-state index contributed by atoms with van der Waals surface area (Å²) in [5, 5.41) is 0. The smallest absolute Gasteiger partial charge is 0.454 e. The van der Waals surface area contributed by atoms with Gasteiger partial charge in [0.05, 0.1) is 0 Å². The molecule has 38 heavy (non-hydrogen) atoms. The summed E-state index contributed by atoms with van der Waals surface area (Å²) in [7, 11) is 0. The van der Waals surface area contributed by atoms with Crippen molar-refractivity contribution in [3.05, 3.63) is 53.6 Å². The molecule has 2 nitrogen and oxygen atoms in total. The molecule has 0 N–H and O–H groups in total. The molecule has 2 aromatic rings. The van der Waals surface area contributed by atoms with Crippen molar-refractivity contribution in [3.8, 4) is 17.2 Å². The first-order valence-corrected chi connectivity index (χ1v) is 14.1. The lowest BCUT2D eigenvalue weighted by atomic mass is 9.73. The topological polar surface area (TPSA) is 18.5 Å². The van der Waals surface area contributed by atoms with E-state index in [1.165, 1.54) is 69.9 Å². The first-order valence-electron chi connectivity index (χ1n) is 14.1. The van der Waals surface area contributed by atoms with Gasteiger partial charge in [-0.05, 0) is 79.7 Å². The van der Waals surface area contributed by atoms with Gasteiger partial charge in [0.25, 0.3) is 0 Å².